The molecule has 1 aliphatic rings. The molecule has 0 N–H and O–H groups in total. The normalized spacial score (nSPS) is 15.2. The van der Waals surface area contributed by atoms with Crippen LogP contribution in [0.4, 0.5) is 5.13 Å². The number of sulfone groups is 1. The van der Waals surface area contributed by atoms with Crippen LogP contribution in [-0.2, 0) is 9.84 Å². The molecule has 0 atom stereocenters. The van der Waals surface area contributed by atoms with E-state index in [9.17, 15) is 8.42 Å². The SMILES string of the molecule is COc1ccc(Br)cc1S(=O)(=O)C1CCN(c2nc(-c3c(C)cc(C)cc3C)cs2)CC1. The fourth-order valence-corrected chi connectivity index (χ4v) is 7.81. The van der Waals surface area contributed by atoms with Gasteiger partial charge in [0.2, 0.25) is 0 Å². The van der Waals surface area contributed by atoms with Crippen LogP contribution in [0.1, 0.15) is 29.5 Å². The number of rotatable bonds is 5. The molecule has 0 spiro atoms. The number of ether oxygens (including phenoxy) is 1. The minimum absolute atomic E-state index is 0.259. The molecule has 1 fully saturated rings. The highest BCUT2D eigenvalue weighted by Gasteiger charge is 2.34. The minimum Gasteiger partial charge on any atom is -0.495 e. The second-order valence-electron chi connectivity index (χ2n) is 8.32. The molecule has 0 bridgehead atoms. The van der Waals surface area contributed by atoms with Crippen molar-refractivity contribution in [1.82, 2.24) is 4.98 Å². The molecule has 0 saturated carbocycles. The molecule has 170 valence electrons. The van der Waals surface area contributed by atoms with Gasteiger partial charge in [0.25, 0.3) is 0 Å². The van der Waals surface area contributed by atoms with Gasteiger partial charge in [0, 0.05) is 28.5 Å². The lowest BCUT2D eigenvalue weighted by atomic mass is 9.98. The van der Waals surface area contributed by atoms with Gasteiger partial charge in [-0.3, -0.25) is 0 Å². The first-order valence-corrected chi connectivity index (χ1v) is 13.8. The van der Waals surface area contributed by atoms with E-state index in [2.05, 4.69) is 59.1 Å². The van der Waals surface area contributed by atoms with Crippen molar-refractivity contribution >= 4 is 42.2 Å². The summed E-state index contributed by atoms with van der Waals surface area (Å²) in [6, 6.07) is 9.50. The Bertz CT molecular complexity index is 1220. The van der Waals surface area contributed by atoms with Gasteiger partial charge in [0.15, 0.2) is 15.0 Å². The maximum absolute atomic E-state index is 13.3. The number of benzene rings is 2. The van der Waals surface area contributed by atoms with E-state index < -0.39 is 15.1 Å². The Morgan fingerprint density at radius 2 is 1.75 bits per heavy atom. The summed E-state index contributed by atoms with van der Waals surface area (Å²) in [6.45, 7) is 7.69. The van der Waals surface area contributed by atoms with Crippen molar-refractivity contribution in [3.05, 3.63) is 56.9 Å². The Morgan fingerprint density at radius 1 is 1.09 bits per heavy atom. The molecule has 0 amide bonds. The molecule has 0 aliphatic carbocycles. The van der Waals surface area contributed by atoms with Crippen molar-refractivity contribution < 1.29 is 13.2 Å². The van der Waals surface area contributed by atoms with Gasteiger partial charge in [0.05, 0.1) is 18.1 Å². The number of nitrogens with zero attached hydrogens (tertiary/aromatic N) is 2. The lowest BCUT2D eigenvalue weighted by molar-refractivity contribution is 0.401. The predicted octanol–water partition coefficient (Wildman–Crippen LogP) is 5.95. The maximum atomic E-state index is 13.3. The quantitative estimate of drug-likeness (QED) is 0.404. The van der Waals surface area contributed by atoms with Gasteiger partial charge in [-0.25, -0.2) is 13.4 Å². The molecule has 2 heterocycles. The Kier molecular flexibility index (Phi) is 6.66. The average Bonchev–Trinajstić information content (AvgIpc) is 3.22. The molecule has 1 aromatic heterocycles. The van der Waals surface area contributed by atoms with Crippen LogP contribution in [-0.4, -0.2) is 38.9 Å². The van der Waals surface area contributed by atoms with E-state index in [1.165, 1.54) is 29.4 Å². The van der Waals surface area contributed by atoms with Gasteiger partial charge in [0.1, 0.15) is 10.6 Å². The fourth-order valence-electron chi connectivity index (χ4n) is 4.52. The molecule has 1 aliphatic heterocycles. The fraction of sp³-hybridized carbons (Fsp3) is 0.375. The van der Waals surface area contributed by atoms with Crippen LogP contribution < -0.4 is 9.64 Å². The zero-order chi connectivity index (χ0) is 23.0. The summed E-state index contributed by atoms with van der Waals surface area (Å²) in [5.74, 6) is 0.393. The molecule has 2 aromatic carbocycles. The zero-order valence-corrected chi connectivity index (χ0v) is 21.9. The molecule has 4 rings (SSSR count). The van der Waals surface area contributed by atoms with Gasteiger partial charge in [-0.05, 0) is 62.9 Å². The number of aryl methyl sites for hydroxylation is 3. The molecule has 0 unspecified atom stereocenters. The van der Waals surface area contributed by atoms with E-state index >= 15 is 0 Å². The number of thiazole rings is 1. The van der Waals surface area contributed by atoms with Crippen LogP contribution in [0.5, 0.6) is 5.75 Å². The van der Waals surface area contributed by atoms with Crippen molar-refractivity contribution in [3.63, 3.8) is 0 Å². The third kappa shape index (κ3) is 4.45. The van der Waals surface area contributed by atoms with Crippen molar-refractivity contribution in [2.75, 3.05) is 25.1 Å². The molecule has 0 radical (unpaired) electrons. The molecular formula is C24H27BrN2O3S2. The highest BCUT2D eigenvalue weighted by molar-refractivity contribution is 9.10. The number of methoxy groups -OCH3 is 1. The standard InChI is InChI=1S/C24H27BrN2O3S2/c1-15-11-16(2)23(17(3)12-15)20-14-31-24(26-20)27-9-7-19(8-10-27)32(28,29)22-13-18(25)5-6-21(22)30-4/h5-6,11-14,19H,7-10H2,1-4H3. The lowest BCUT2D eigenvalue weighted by Gasteiger charge is -2.31. The third-order valence-corrected chi connectivity index (χ3v) is 9.68. The summed E-state index contributed by atoms with van der Waals surface area (Å²) in [5.41, 5.74) is 5.90. The number of anilines is 1. The second-order valence-corrected chi connectivity index (χ2v) is 12.3. The molecule has 3 aromatic rings. The van der Waals surface area contributed by atoms with E-state index in [0.717, 1.165) is 15.3 Å². The van der Waals surface area contributed by atoms with Crippen molar-refractivity contribution in [2.45, 2.75) is 43.8 Å². The zero-order valence-electron chi connectivity index (χ0n) is 18.7. The van der Waals surface area contributed by atoms with Gasteiger partial charge < -0.3 is 9.64 Å². The third-order valence-electron chi connectivity index (χ3n) is 6.01. The first-order valence-electron chi connectivity index (χ1n) is 10.6. The molecular weight excluding hydrogens is 508 g/mol. The number of piperidine rings is 1. The van der Waals surface area contributed by atoms with E-state index in [1.54, 1.807) is 29.5 Å². The lowest BCUT2D eigenvalue weighted by Crippen LogP contribution is -2.39. The van der Waals surface area contributed by atoms with Gasteiger partial charge in [-0.15, -0.1) is 11.3 Å². The minimum atomic E-state index is -3.48. The summed E-state index contributed by atoms with van der Waals surface area (Å²) in [7, 11) is -1.98. The maximum Gasteiger partial charge on any atom is 0.185 e. The van der Waals surface area contributed by atoms with E-state index in [4.69, 9.17) is 9.72 Å². The largest absolute Gasteiger partial charge is 0.495 e. The van der Waals surface area contributed by atoms with Crippen LogP contribution >= 0.6 is 27.3 Å². The van der Waals surface area contributed by atoms with Gasteiger partial charge in [-0.2, -0.15) is 0 Å². The molecule has 32 heavy (non-hydrogen) atoms. The predicted molar refractivity (Wildman–Crippen MR) is 135 cm³/mol. The van der Waals surface area contributed by atoms with E-state index in [0.29, 0.717) is 31.7 Å². The monoisotopic (exact) mass is 534 g/mol. The van der Waals surface area contributed by atoms with Crippen molar-refractivity contribution in [1.29, 1.82) is 0 Å². The van der Waals surface area contributed by atoms with Gasteiger partial charge >= 0.3 is 0 Å². The van der Waals surface area contributed by atoms with Gasteiger partial charge in [-0.1, -0.05) is 33.6 Å². The number of hydrogen-bond acceptors (Lipinski definition) is 6. The van der Waals surface area contributed by atoms with Crippen LogP contribution in [0, 0.1) is 20.8 Å². The Balaban J connectivity index is 1.51. The summed E-state index contributed by atoms with van der Waals surface area (Å²) < 4.78 is 32.7. The van der Waals surface area contributed by atoms with E-state index in [1.807, 2.05) is 0 Å². The van der Waals surface area contributed by atoms with E-state index in [-0.39, 0.29) is 4.90 Å². The first-order chi connectivity index (χ1) is 15.2. The average molecular weight is 536 g/mol. The summed E-state index contributed by atoms with van der Waals surface area (Å²) in [5, 5.41) is 2.63. The summed E-state index contributed by atoms with van der Waals surface area (Å²) in [4.78, 5) is 7.37. The Labute approximate surface area is 202 Å². The molecule has 8 heteroatoms. The van der Waals surface area contributed by atoms with Crippen LogP contribution in [0.15, 0.2) is 45.1 Å². The van der Waals surface area contributed by atoms with Crippen LogP contribution in [0.25, 0.3) is 11.3 Å². The van der Waals surface area contributed by atoms with Crippen molar-refractivity contribution in [2.24, 2.45) is 0 Å². The summed E-state index contributed by atoms with van der Waals surface area (Å²) in [6.07, 6.45) is 1.13. The molecule has 5 nitrogen and oxygen atoms in total. The number of halogens is 1. The smallest absolute Gasteiger partial charge is 0.185 e. The molecule has 1 saturated heterocycles. The topological polar surface area (TPSA) is 59.5 Å². The Hall–Kier alpha value is -1.90. The highest BCUT2D eigenvalue weighted by Crippen LogP contribution is 2.36. The number of hydrogen-bond donors (Lipinski definition) is 0. The second kappa shape index (κ2) is 9.15. The highest BCUT2D eigenvalue weighted by atomic mass is 79.9. The first kappa shape index (κ1) is 23.3. The number of aromatic nitrogens is 1. The van der Waals surface area contributed by atoms with Crippen molar-refractivity contribution in [3.8, 4) is 17.0 Å². The van der Waals surface area contributed by atoms with Crippen LogP contribution in [0.3, 0.4) is 0 Å². The Morgan fingerprint density at radius 3 is 2.38 bits per heavy atom. The summed E-state index contributed by atoms with van der Waals surface area (Å²) >= 11 is 5.01. The van der Waals surface area contributed by atoms with Crippen LogP contribution in [0.2, 0.25) is 0 Å².